The molecule has 9 heteroatoms. The summed E-state index contributed by atoms with van der Waals surface area (Å²) in [4.78, 5) is 26.3. The third-order valence-electron chi connectivity index (χ3n) is 4.01. The van der Waals surface area contributed by atoms with Gasteiger partial charge in [-0.15, -0.1) is 0 Å². The number of rotatable bonds is 4. The first kappa shape index (κ1) is 20.7. The molecule has 2 aromatic rings. The van der Waals surface area contributed by atoms with E-state index in [1.807, 2.05) is 6.07 Å². The van der Waals surface area contributed by atoms with Crippen LogP contribution >= 0.6 is 50.9 Å². The average molecular weight is 497 g/mol. The van der Waals surface area contributed by atoms with Crippen molar-refractivity contribution in [2.75, 3.05) is 4.90 Å². The summed E-state index contributed by atoms with van der Waals surface area (Å²) in [7, 11) is 0. The second-order valence-electron chi connectivity index (χ2n) is 5.87. The number of primary amides is 1. The van der Waals surface area contributed by atoms with E-state index in [4.69, 9.17) is 28.9 Å². The lowest BCUT2D eigenvalue weighted by atomic mass is 10.1. The summed E-state index contributed by atoms with van der Waals surface area (Å²) in [5.74, 6) is -1.13. The van der Waals surface area contributed by atoms with Crippen molar-refractivity contribution in [1.82, 2.24) is 0 Å². The molecule has 142 valence electrons. The molecule has 0 unspecified atom stereocenters. The standard InChI is InChI=1S/C19H12BrCl2N3O2S/c20-11-2-4-12(5-3-11)25-18(27)16(28-19(25)13(9-23)17(24)26)8-10-1-6-14(21)15(22)7-10/h1-7,16H,8H2,(H2,24,26)/b19-13-/t16-/m0/s1. The van der Waals surface area contributed by atoms with Crippen LogP contribution in [0.15, 0.2) is 57.5 Å². The zero-order valence-corrected chi connectivity index (χ0v) is 18.1. The van der Waals surface area contributed by atoms with Crippen LogP contribution in [0.25, 0.3) is 0 Å². The van der Waals surface area contributed by atoms with Crippen molar-refractivity contribution in [2.45, 2.75) is 11.7 Å². The number of hydrogen-bond acceptors (Lipinski definition) is 4. The molecule has 1 aliphatic rings. The van der Waals surface area contributed by atoms with Gasteiger partial charge in [0.25, 0.3) is 5.91 Å². The highest BCUT2D eigenvalue weighted by Crippen LogP contribution is 2.42. The minimum Gasteiger partial charge on any atom is -0.365 e. The Labute approximate surface area is 184 Å². The molecular weight excluding hydrogens is 485 g/mol. The van der Waals surface area contributed by atoms with E-state index in [9.17, 15) is 14.9 Å². The molecule has 1 atom stereocenters. The molecule has 2 N–H and O–H groups in total. The Kier molecular flexibility index (Phi) is 6.36. The number of nitrogens with two attached hydrogens (primary N) is 1. The van der Waals surface area contributed by atoms with E-state index in [-0.39, 0.29) is 16.5 Å². The number of nitriles is 1. The van der Waals surface area contributed by atoms with Crippen molar-refractivity contribution in [3.63, 3.8) is 0 Å². The van der Waals surface area contributed by atoms with Gasteiger partial charge in [0, 0.05) is 10.2 Å². The van der Waals surface area contributed by atoms with E-state index in [2.05, 4.69) is 15.9 Å². The average Bonchev–Trinajstić information content (AvgIpc) is 2.95. The van der Waals surface area contributed by atoms with Crippen molar-refractivity contribution in [3.8, 4) is 6.07 Å². The summed E-state index contributed by atoms with van der Waals surface area (Å²) >= 11 is 16.5. The van der Waals surface area contributed by atoms with E-state index >= 15 is 0 Å². The molecule has 2 amide bonds. The van der Waals surface area contributed by atoms with Crippen LogP contribution in [0.3, 0.4) is 0 Å². The lowest BCUT2D eigenvalue weighted by molar-refractivity contribution is -0.117. The molecule has 1 heterocycles. The number of carbonyl (C=O) groups excluding carboxylic acids is 2. The first-order valence-corrected chi connectivity index (χ1v) is 10.4. The summed E-state index contributed by atoms with van der Waals surface area (Å²) in [5.41, 5.74) is 6.47. The molecule has 1 fully saturated rings. The second-order valence-corrected chi connectivity index (χ2v) is 8.79. The highest BCUT2D eigenvalue weighted by Gasteiger charge is 2.40. The number of anilines is 1. The Morgan fingerprint density at radius 1 is 1.21 bits per heavy atom. The third-order valence-corrected chi connectivity index (χ3v) is 6.55. The van der Waals surface area contributed by atoms with Crippen LogP contribution in [-0.4, -0.2) is 17.1 Å². The summed E-state index contributed by atoms with van der Waals surface area (Å²) in [6.45, 7) is 0. The molecule has 0 aliphatic carbocycles. The van der Waals surface area contributed by atoms with Crippen LogP contribution in [0.5, 0.6) is 0 Å². The molecule has 0 spiro atoms. The van der Waals surface area contributed by atoms with E-state index < -0.39 is 11.2 Å². The smallest absolute Gasteiger partial charge is 0.262 e. The van der Waals surface area contributed by atoms with Gasteiger partial charge in [-0.3, -0.25) is 14.5 Å². The van der Waals surface area contributed by atoms with Crippen LogP contribution in [0, 0.1) is 11.3 Å². The molecule has 0 radical (unpaired) electrons. The lowest BCUT2D eigenvalue weighted by Crippen LogP contribution is -2.31. The molecule has 28 heavy (non-hydrogen) atoms. The van der Waals surface area contributed by atoms with Crippen molar-refractivity contribution in [1.29, 1.82) is 5.26 Å². The van der Waals surface area contributed by atoms with Crippen LogP contribution in [0.4, 0.5) is 5.69 Å². The fraction of sp³-hybridized carbons (Fsp3) is 0.105. The molecule has 5 nitrogen and oxygen atoms in total. The second kappa shape index (κ2) is 8.58. The third kappa shape index (κ3) is 4.20. The van der Waals surface area contributed by atoms with Crippen molar-refractivity contribution in [3.05, 3.63) is 73.1 Å². The molecule has 0 bridgehead atoms. The van der Waals surface area contributed by atoms with Crippen LogP contribution in [0.1, 0.15) is 5.56 Å². The quantitative estimate of drug-likeness (QED) is 0.492. The van der Waals surface area contributed by atoms with E-state index in [0.717, 1.165) is 21.8 Å². The highest BCUT2D eigenvalue weighted by atomic mass is 79.9. The molecule has 1 aliphatic heterocycles. The Balaban J connectivity index is 2.02. The Bertz CT molecular complexity index is 1030. The number of nitrogens with zero attached hydrogens (tertiary/aromatic N) is 2. The molecule has 1 saturated heterocycles. The number of benzene rings is 2. The fourth-order valence-corrected chi connectivity index (χ4v) is 4.61. The number of amides is 2. The van der Waals surface area contributed by atoms with Crippen molar-refractivity contribution < 1.29 is 9.59 Å². The number of halogens is 3. The van der Waals surface area contributed by atoms with Crippen molar-refractivity contribution >= 4 is 68.4 Å². The first-order valence-electron chi connectivity index (χ1n) is 7.96. The van der Waals surface area contributed by atoms with Gasteiger partial charge in [-0.2, -0.15) is 5.26 Å². The number of hydrogen-bond donors (Lipinski definition) is 1. The van der Waals surface area contributed by atoms with Gasteiger partial charge in [0.15, 0.2) is 0 Å². The predicted octanol–water partition coefficient (Wildman–Crippen LogP) is 4.67. The van der Waals surface area contributed by atoms with E-state index in [0.29, 0.717) is 22.2 Å². The molecule has 0 saturated carbocycles. The van der Waals surface area contributed by atoms with Crippen LogP contribution in [0.2, 0.25) is 10.0 Å². The zero-order valence-electron chi connectivity index (χ0n) is 14.2. The fourth-order valence-electron chi connectivity index (χ4n) is 2.71. The maximum atomic E-state index is 13.1. The maximum absolute atomic E-state index is 13.1. The lowest BCUT2D eigenvalue weighted by Gasteiger charge is -2.18. The minimum absolute atomic E-state index is 0.229. The van der Waals surface area contributed by atoms with E-state index in [1.165, 1.54) is 4.90 Å². The van der Waals surface area contributed by atoms with Gasteiger partial charge in [0.2, 0.25) is 5.91 Å². The molecule has 2 aromatic carbocycles. The number of carbonyl (C=O) groups is 2. The Hall–Kier alpha value is -1.98. The van der Waals surface area contributed by atoms with Crippen molar-refractivity contribution in [2.24, 2.45) is 5.73 Å². The molecular formula is C19H12BrCl2N3O2S. The van der Waals surface area contributed by atoms with Gasteiger partial charge in [-0.1, -0.05) is 57.0 Å². The topological polar surface area (TPSA) is 87.2 Å². The Morgan fingerprint density at radius 3 is 2.46 bits per heavy atom. The summed E-state index contributed by atoms with van der Waals surface area (Å²) in [5, 5.41) is 9.90. The van der Waals surface area contributed by atoms with Gasteiger partial charge >= 0.3 is 0 Å². The highest BCUT2D eigenvalue weighted by molar-refractivity contribution is 9.10. The predicted molar refractivity (Wildman–Crippen MR) is 115 cm³/mol. The van der Waals surface area contributed by atoms with Crippen LogP contribution < -0.4 is 10.6 Å². The van der Waals surface area contributed by atoms with Gasteiger partial charge in [0.1, 0.15) is 16.7 Å². The first-order chi connectivity index (χ1) is 13.3. The number of thioether (sulfide) groups is 1. The summed E-state index contributed by atoms with van der Waals surface area (Å²) in [6, 6.07) is 14.0. The summed E-state index contributed by atoms with van der Waals surface area (Å²) < 4.78 is 0.837. The largest absolute Gasteiger partial charge is 0.365 e. The Morgan fingerprint density at radius 2 is 1.89 bits per heavy atom. The minimum atomic E-state index is -0.880. The monoisotopic (exact) mass is 495 g/mol. The summed E-state index contributed by atoms with van der Waals surface area (Å²) in [6.07, 6.45) is 0.356. The van der Waals surface area contributed by atoms with Gasteiger partial charge in [0.05, 0.1) is 15.3 Å². The zero-order chi connectivity index (χ0) is 20.4. The van der Waals surface area contributed by atoms with Gasteiger partial charge < -0.3 is 5.73 Å². The van der Waals surface area contributed by atoms with E-state index in [1.54, 1.807) is 42.5 Å². The van der Waals surface area contributed by atoms with Gasteiger partial charge in [-0.25, -0.2) is 0 Å². The maximum Gasteiger partial charge on any atom is 0.262 e. The molecule has 3 rings (SSSR count). The van der Waals surface area contributed by atoms with Crippen LogP contribution in [-0.2, 0) is 16.0 Å². The normalized spacial score (nSPS) is 18.1. The molecule has 0 aromatic heterocycles. The SMILES string of the molecule is N#C/C(C(N)=O)=C1/S[C@@H](Cc2ccc(Cl)c(Cl)c2)C(=O)N1c1ccc(Br)cc1. The van der Waals surface area contributed by atoms with Gasteiger partial charge in [-0.05, 0) is 48.4 Å².